The molecule has 0 spiro atoms. The van der Waals surface area contributed by atoms with E-state index in [1.807, 2.05) is 48.8 Å². The van der Waals surface area contributed by atoms with E-state index in [4.69, 9.17) is 11.6 Å². The molecule has 0 saturated heterocycles. The van der Waals surface area contributed by atoms with Crippen molar-refractivity contribution in [2.75, 3.05) is 0 Å². The van der Waals surface area contributed by atoms with Gasteiger partial charge < -0.3 is 0 Å². The summed E-state index contributed by atoms with van der Waals surface area (Å²) in [5.74, 6) is 0. The molecule has 0 unspecified atom stereocenters. The Kier molecular flexibility index (Phi) is 2.82. The van der Waals surface area contributed by atoms with Crippen molar-refractivity contribution >= 4 is 11.6 Å². The molecule has 3 aromatic rings. The maximum Gasteiger partial charge on any atom is 0.0676 e. The Morgan fingerprint density at radius 2 is 1.78 bits per heavy atom. The fourth-order valence-corrected chi connectivity index (χ4v) is 2.04. The minimum absolute atomic E-state index is 0.728. The third kappa shape index (κ3) is 2.00. The minimum Gasteiger partial charge on any atom is -0.265 e. The maximum absolute atomic E-state index is 6.17. The normalized spacial score (nSPS) is 10.5. The van der Waals surface area contributed by atoms with Crippen molar-refractivity contribution in [1.29, 1.82) is 0 Å². The van der Waals surface area contributed by atoms with Gasteiger partial charge in [0.25, 0.3) is 0 Å². The van der Waals surface area contributed by atoms with Crippen molar-refractivity contribution in [1.82, 2.24) is 14.8 Å². The minimum atomic E-state index is 0.728. The van der Waals surface area contributed by atoms with Gasteiger partial charge >= 0.3 is 0 Å². The van der Waals surface area contributed by atoms with Crippen molar-refractivity contribution in [2.24, 2.45) is 0 Å². The second-order valence-corrected chi connectivity index (χ2v) is 4.27. The number of pyridine rings is 1. The molecule has 0 aliphatic heterocycles. The highest BCUT2D eigenvalue weighted by molar-refractivity contribution is 6.33. The first-order valence-electron chi connectivity index (χ1n) is 5.54. The van der Waals surface area contributed by atoms with Crippen LogP contribution >= 0.6 is 11.6 Å². The molecule has 0 saturated carbocycles. The zero-order chi connectivity index (χ0) is 12.4. The van der Waals surface area contributed by atoms with E-state index >= 15 is 0 Å². The number of aromatic nitrogens is 3. The number of rotatable bonds is 2. The quantitative estimate of drug-likeness (QED) is 0.701. The molecule has 1 aromatic carbocycles. The Labute approximate surface area is 110 Å². The van der Waals surface area contributed by atoms with E-state index in [9.17, 15) is 0 Å². The Bertz CT molecular complexity index is 662. The molecule has 0 atom stereocenters. The molecule has 18 heavy (non-hydrogen) atoms. The SMILES string of the molecule is Clc1ccccc1-c1cnn(-c2ccncc2)c1. The van der Waals surface area contributed by atoms with Crippen LogP contribution in [0.2, 0.25) is 5.02 Å². The van der Waals surface area contributed by atoms with Gasteiger partial charge in [0.05, 0.1) is 11.9 Å². The Morgan fingerprint density at radius 3 is 2.56 bits per heavy atom. The summed E-state index contributed by atoms with van der Waals surface area (Å²) in [6, 6.07) is 11.5. The van der Waals surface area contributed by atoms with Crippen molar-refractivity contribution in [3.63, 3.8) is 0 Å². The highest BCUT2D eigenvalue weighted by Gasteiger charge is 2.06. The summed E-state index contributed by atoms with van der Waals surface area (Å²) in [6.07, 6.45) is 7.25. The number of nitrogens with zero attached hydrogens (tertiary/aromatic N) is 3. The monoisotopic (exact) mass is 255 g/mol. The van der Waals surface area contributed by atoms with Gasteiger partial charge in [-0.3, -0.25) is 4.98 Å². The molecule has 0 N–H and O–H groups in total. The van der Waals surface area contributed by atoms with Crippen molar-refractivity contribution in [2.45, 2.75) is 0 Å². The summed E-state index contributed by atoms with van der Waals surface area (Å²) in [5.41, 5.74) is 2.96. The standard InChI is InChI=1S/C14H10ClN3/c15-14-4-2-1-3-13(14)11-9-17-18(10-11)12-5-7-16-8-6-12/h1-10H. The summed E-state index contributed by atoms with van der Waals surface area (Å²) in [4.78, 5) is 3.99. The van der Waals surface area contributed by atoms with Gasteiger partial charge in [-0.05, 0) is 18.2 Å². The molecule has 0 bridgehead atoms. The zero-order valence-electron chi connectivity index (χ0n) is 9.49. The Morgan fingerprint density at radius 1 is 1.00 bits per heavy atom. The summed E-state index contributed by atoms with van der Waals surface area (Å²) in [6.45, 7) is 0. The molecule has 4 heteroatoms. The smallest absolute Gasteiger partial charge is 0.0676 e. The van der Waals surface area contributed by atoms with E-state index < -0.39 is 0 Å². The Hall–Kier alpha value is -2.13. The van der Waals surface area contributed by atoms with Gasteiger partial charge in [0.15, 0.2) is 0 Å². The lowest BCUT2D eigenvalue weighted by Crippen LogP contribution is -1.93. The molecule has 3 rings (SSSR count). The zero-order valence-corrected chi connectivity index (χ0v) is 10.2. The molecule has 0 fully saturated rings. The molecule has 2 heterocycles. The van der Waals surface area contributed by atoms with Crippen molar-refractivity contribution in [3.05, 3.63) is 66.2 Å². The van der Waals surface area contributed by atoms with Crippen LogP contribution in [-0.4, -0.2) is 14.8 Å². The molecule has 0 aliphatic carbocycles. The molecule has 2 aromatic heterocycles. The molecule has 88 valence electrons. The van der Waals surface area contributed by atoms with Crippen LogP contribution in [0, 0.1) is 0 Å². The molecule has 0 aliphatic rings. The van der Waals surface area contributed by atoms with E-state index in [1.165, 1.54) is 0 Å². The van der Waals surface area contributed by atoms with Gasteiger partial charge in [0.2, 0.25) is 0 Å². The number of hydrogen-bond donors (Lipinski definition) is 0. The predicted octanol–water partition coefficient (Wildman–Crippen LogP) is 3.59. The van der Waals surface area contributed by atoms with Crippen LogP contribution in [0.5, 0.6) is 0 Å². The van der Waals surface area contributed by atoms with Crippen LogP contribution in [0.4, 0.5) is 0 Å². The highest BCUT2D eigenvalue weighted by Crippen LogP contribution is 2.27. The van der Waals surface area contributed by atoms with Crippen LogP contribution in [0.25, 0.3) is 16.8 Å². The fourth-order valence-electron chi connectivity index (χ4n) is 1.80. The van der Waals surface area contributed by atoms with E-state index in [0.717, 1.165) is 21.8 Å². The molecule has 3 nitrogen and oxygen atoms in total. The van der Waals surface area contributed by atoms with E-state index in [1.54, 1.807) is 17.1 Å². The van der Waals surface area contributed by atoms with Crippen LogP contribution in [0.3, 0.4) is 0 Å². The third-order valence-electron chi connectivity index (χ3n) is 2.69. The number of halogens is 1. The maximum atomic E-state index is 6.17. The van der Waals surface area contributed by atoms with Gasteiger partial charge in [0, 0.05) is 34.7 Å². The lowest BCUT2D eigenvalue weighted by Gasteiger charge is -2.00. The van der Waals surface area contributed by atoms with Gasteiger partial charge in [0.1, 0.15) is 0 Å². The van der Waals surface area contributed by atoms with E-state index in [0.29, 0.717) is 0 Å². The third-order valence-corrected chi connectivity index (χ3v) is 3.02. The number of benzene rings is 1. The van der Waals surface area contributed by atoms with E-state index in [-0.39, 0.29) is 0 Å². The van der Waals surface area contributed by atoms with Gasteiger partial charge in [-0.2, -0.15) is 5.10 Å². The molecular weight excluding hydrogens is 246 g/mol. The van der Waals surface area contributed by atoms with Crippen LogP contribution in [0.15, 0.2) is 61.2 Å². The summed E-state index contributed by atoms with van der Waals surface area (Å²) in [7, 11) is 0. The first-order valence-corrected chi connectivity index (χ1v) is 5.92. The lowest BCUT2D eigenvalue weighted by molar-refractivity contribution is 0.878. The lowest BCUT2D eigenvalue weighted by atomic mass is 10.1. The molecule has 0 amide bonds. The predicted molar refractivity (Wildman–Crippen MR) is 71.8 cm³/mol. The van der Waals surface area contributed by atoms with Crippen molar-refractivity contribution < 1.29 is 0 Å². The summed E-state index contributed by atoms with van der Waals surface area (Å²) in [5, 5.41) is 5.06. The average molecular weight is 256 g/mol. The van der Waals surface area contributed by atoms with Crippen LogP contribution < -0.4 is 0 Å². The summed E-state index contributed by atoms with van der Waals surface area (Å²) >= 11 is 6.17. The van der Waals surface area contributed by atoms with Crippen LogP contribution in [-0.2, 0) is 0 Å². The second-order valence-electron chi connectivity index (χ2n) is 3.86. The molecule has 0 radical (unpaired) electrons. The van der Waals surface area contributed by atoms with Gasteiger partial charge in [-0.15, -0.1) is 0 Å². The van der Waals surface area contributed by atoms with Crippen LogP contribution in [0.1, 0.15) is 0 Å². The Balaban J connectivity index is 2.03. The topological polar surface area (TPSA) is 30.7 Å². The molecular formula is C14H10ClN3. The van der Waals surface area contributed by atoms with Crippen molar-refractivity contribution in [3.8, 4) is 16.8 Å². The fraction of sp³-hybridized carbons (Fsp3) is 0. The average Bonchev–Trinajstić information content (AvgIpc) is 2.90. The largest absolute Gasteiger partial charge is 0.265 e. The highest BCUT2D eigenvalue weighted by atomic mass is 35.5. The van der Waals surface area contributed by atoms with Gasteiger partial charge in [-0.25, -0.2) is 4.68 Å². The second kappa shape index (κ2) is 4.63. The van der Waals surface area contributed by atoms with Gasteiger partial charge in [-0.1, -0.05) is 29.8 Å². The first-order chi connectivity index (χ1) is 8.84. The first kappa shape index (κ1) is 11.0. The van der Waals surface area contributed by atoms with E-state index in [2.05, 4.69) is 10.1 Å². The number of hydrogen-bond acceptors (Lipinski definition) is 2. The summed E-state index contributed by atoms with van der Waals surface area (Å²) < 4.78 is 1.81.